The number of nitrogens with zero attached hydrogens (tertiary/aromatic N) is 3. The normalized spacial score (nSPS) is 11.8. The summed E-state index contributed by atoms with van der Waals surface area (Å²) in [6.45, 7) is 1.53. The van der Waals surface area contributed by atoms with Crippen LogP contribution in [0.2, 0.25) is 0 Å². The number of carbonyl (C=O) groups excluding carboxylic acids is 1. The lowest BCUT2D eigenvalue weighted by molar-refractivity contribution is -0.140. The number of hydrogen-bond acceptors (Lipinski definition) is 5. The van der Waals surface area contributed by atoms with Crippen LogP contribution in [0.3, 0.4) is 0 Å². The summed E-state index contributed by atoms with van der Waals surface area (Å²) < 4.78 is 43.4. The van der Waals surface area contributed by atoms with Crippen LogP contribution in [-0.2, 0) is 10.9 Å². The number of esters is 1. The fraction of sp³-hybridized carbons (Fsp3) is 0.231. The zero-order valence-electron chi connectivity index (χ0n) is 11.4. The lowest BCUT2D eigenvalue weighted by Gasteiger charge is -2.04. The number of H-pyrrole nitrogens is 1. The number of halogens is 3. The summed E-state index contributed by atoms with van der Waals surface area (Å²) in [6, 6.07) is 8.14. The minimum Gasteiger partial charge on any atom is -0.461 e. The van der Waals surface area contributed by atoms with Crippen molar-refractivity contribution >= 4 is 17.3 Å². The molecule has 1 heterocycles. The molecule has 0 aliphatic heterocycles. The minimum atomic E-state index is -4.75. The molecule has 0 saturated heterocycles. The Labute approximate surface area is 123 Å². The van der Waals surface area contributed by atoms with Crippen LogP contribution in [0.5, 0.6) is 0 Å². The van der Waals surface area contributed by atoms with E-state index < -0.39 is 29.2 Å². The summed E-state index contributed by atoms with van der Waals surface area (Å²) in [7, 11) is 0. The highest BCUT2D eigenvalue weighted by Gasteiger charge is 2.39. The predicted octanol–water partition coefficient (Wildman–Crippen LogP) is 4.02. The summed E-state index contributed by atoms with van der Waals surface area (Å²) in [5.41, 5.74) is -2.18. The van der Waals surface area contributed by atoms with E-state index >= 15 is 0 Å². The second kappa shape index (κ2) is 6.37. The first-order valence-electron chi connectivity index (χ1n) is 6.23. The molecular weight excluding hydrogens is 301 g/mol. The standard InChI is InChI=1S/C13H11F3N4O2/c1-2-22-12(21)10-9(11(20-19-10)13(14,15)16)18-17-8-6-4-3-5-7-8/h3-7H,2H2,1H3,(H,19,20). The maximum absolute atomic E-state index is 12.9. The molecule has 0 unspecified atom stereocenters. The van der Waals surface area contributed by atoms with E-state index in [0.29, 0.717) is 5.69 Å². The Bertz CT molecular complexity index is 680. The van der Waals surface area contributed by atoms with Crippen LogP contribution >= 0.6 is 0 Å². The third kappa shape index (κ3) is 3.48. The summed E-state index contributed by atoms with van der Waals surface area (Å²) in [4.78, 5) is 11.6. The molecule has 6 nitrogen and oxygen atoms in total. The summed E-state index contributed by atoms with van der Waals surface area (Å²) in [5.74, 6) is -1.00. The highest BCUT2D eigenvalue weighted by atomic mass is 19.4. The monoisotopic (exact) mass is 312 g/mol. The smallest absolute Gasteiger partial charge is 0.435 e. The van der Waals surface area contributed by atoms with Crippen molar-refractivity contribution in [3.63, 3.8) is 0 Å². The Morgan fingerprint density at radius 1 is 1.27 bits per heavy atom. The highest BCUT2D eigenvalue weighted by molar-refractivity contribution is 5.93. The van der Waals surface area contributed by atoms with Crippen molar-refractivity contribution in [2.24, 2.45) is 10.2 Å². The molecule has 0 bridgehead atoms. The Morgan fingerprint density at radius 2 is 1.95 bits per heavy atom. The average Bonchev–Trinajstić information content (AvgIpc) is 2.90. The Morgan fingerprint density at radius 3 is 2.55 bits per heavy atom. The number of carbonyl (C=O) groups is 1. The molecule has 0 spiro atoms. The van der Waals surface area contributed by atoms with Crippen molar-refractivity contribution in [1.82, 2.24) is 10.2 Å². The number of nitrogens with one attached hydrogen (secondary N) is 1. The number of benzene rings is 1. The van der Waals surface area contributed by atoms with Gasteiger partial charge in [-0.25, -0.2) is 4.79 Å². The van der Waals surface area contributed by atoms with Gasteiger partial charge >= 0.3 is 12.1 Å². The number of aromatic nitrogens is 2. The third-order valence-electron chi connectivity index (χ3n) is 2.51. The molecule has 0 saturated carbocycles. The number of azo groups is 1. The van der Waals surface area contributed by atoms with E-state index in [9.17, 15) is 18.0 Å². The van der Waals surface area contributed by atoms with Gasteiger partial charge in [0.15, 0.2) is 17.1 Å². The molecule has 1 aromatic heterocycles. The fourth-order valence-electron chi connectivity index (χ4n) is 1.58. The maximum Gasteiger partial charge on any atom is 0.435 e. The van der Waals surface area contributed by atoms with Gasteiger partial charge in [0, 0.05) is 0 Å². The van der Waals surface area contributed by atoms with Crippen LogP contribution in [0.15, 0.2) is 40.6 Å². The summed E-state index contributed by atoms with van der Waals surface area (Å²) in [6.07, 6.45) is -4.75. The number of ether oxygens (including phenoxy) is 1. The molecule has 2 aromatic rings. The van der Waals surface area contributed by atoms with Gasteiger partial charge in [-0.15, -0.1) is 5.11 Å². The second-order valence-electron chi connectivity index (χ2n) is 4.05. The third-order valence-corrected chi connectivity index (χ3v) is 2.51. The van der Waals surface area contributed by atoms with Crippen molar-refractivity contribution < 1.29 is 22.7 Å². The van der Waals surface area contributed by atoms with Crippen molar-refractivity contribution in [1.29, 1.82) is 0 Å². The van der Waals surface area contributed by atoms with Gasteiger partial charge in [0.05, 0.1) is 12.3 Å². The van der Waals surface area contributed by atoms with E-state index in [1.54, 1.807) is 35.4 Å². The Balaban J connectivity index is 2.44. The van der Waals surface area contributed by atoms with E-state index in [1.165, 1.54) is 6.92 Å². The van der Waals surface area contributed by atoms with Gasteiger partial charge in [-0.1, -0.05) is 18.2 Å². The SMILES string of the molecule is CCOC(=O)c1n[nH]c(C(F)(F)F)c1N=Nc1ccccc1. The quantitative estimate of drug-likeness (QED) is 0.684. The zero-order valence-corrected chi connectivity index (χ0v) is 11.4. The van der Waals surface area contributed by atoms with E-state index in [-0.39, 0.29) is 6.61 Å². The van der Waals surface area contributed by atoms with Gasteiger partial charge in [0.25, 0.3) is 0 Å². The van der Waals surface area contributed by atoms with E-state index in [4.69, 9.17) is 0 Å². The zero-order chi connectivity index (χ0) is 16.2. The largest absolute Gasteiger partial charge is 0.461 e. The maximum atomic E-state index is 12.9. The molecule has 116 valence electrons. The highest BCUT2D eigenvalue weighted by Crippen LogP contribution is 2.37. The van der Waals surface area contributed by atoms with E-state index in [1.807, 2.05) is 0 Å². The molecule has 22 heavy (non-hydrogen) atoms. The van der Waals surface area contributed by atoms with Gasteiger partial charge < -0.3 is 4.74 Å². The van der Waals surface area contributed by atoms with Gasteiger partial charge in [-0.05, 0) is 19.1 Å². The molecule has 9 heteroatoms. The molecule has 0 atom stereocenters. The molecule has 0 fully saturated rings. The molecular formula is C13H11F3N4O2. The summed E-state index contributed by atoms with van der Waals surface area (Å²) in [5, 5.41) is 12.3. The average molecular weight is 312 g/mol. The Kier molecular flexibility index (Phi) is 4.54. The van der Waals surface area contributed by atoms with Crippen molar-refractivity contribution in [3.05, 3.63) is 41.7 Å². The van der Waals surface area contributed by atoms with Gasteiger partial charge in [-0.3, -0.25) is 5.10 Å². The van der Waals surface area contributed by atoms with Crippen LogP contribution in [0.4, 0.5) is 24.5 Å². The van der Waals surface area contributed by atoms with Crippen LogP contribution in [0.25, 0.3) is 0 Å². The molecule has 1 aromatic carbocycles. The minimum absolute atomic E-state index is 0.00229. The first kappa shape index (κ1) is 15.7. The molecule has 0 aliphatic rings. The van der Waals surface area contributed by atoms with Gasteiger partial charge in [0.2, 0.25) is 0 Å². The first-order valence-corrected chi connectivity index (χ1v) is 6.23. The van der Waals surface area contributed by atoms with Crippen molar-refractivity contribution in [2.75, 3.05) is 6.61 Å². The fourth-order valence-corrected chi connectivity index (χ4v) is 1.58. The van der Waals surface area contributed by atoms with Crippen molar-refractivity contribution in [3.8, 4) is 0 Å². The lowest BCUT2D eigenvalue weighted by Crippen LogP contribution is -2.07. The number of alkyl halides is 3. The van der Waals surface area contributed by atoms with E-state index in [2.05, 4.69) is 20.1 Å². The number of aromatic amines is 1. The predicted molar refractivity (Wildman–Crippen MR) is 70.2 cm³/mol. The lowest BCUT2D eigenvalue weighted by atomic mass is 10.3. The van der Waals surface area contributed by atoms with Crippen LogP contribution in [0.1, 0.15) is 23.1 Å². The van der Waals surface area contributed by atoms with E-state index in [0.717, 1.165) is 0 Å². The molecule has 0 radical (unpaired) electrons. The number of rotatable bonds is 4. The topological polar surface area (TPSA) is 79.7 Å². The van der Waals surface area contributed by atoms with Crippen LogP contribution < -0.4 is 0 Å². The Hall–Kier alpha value is -2.71. The molecule has 0 amide bonds. The van der Waals surface area contributed by atoms with Crippen LogP contribution in [-0.4, -0.2) is 22.8 Å². The molecule has 1 N–H and O–H groups in total. The van der Waals surface area contributed by atoms with Gasteiger partial charge in [0.1, 0.15) is 0 Å². The van der Waals surface area contributed by atoms with Crippen molar-refractivity contribution in [2.45, 2.75) is 13.1 Å². The first-order chi connectivity index (χ1) is 10.4. The van der Waals surface area contributed by atoms with Gasteiger partial charge in [-0.2, -0.15) is 23.4 Å². The molecule has 0 aliphatic carbocycles. The molecule has 2 rings (SSSR count). The number of hydrogen-bond donors (Lipinski definition) is 1. The van der Waals surface area contributed by atoms with Crippen LogP contribution in [0, 0.1) is 0 Å². The summed E-state index contributed by atoms with van der Waals surface area (Å²) >= 11 is 0. The second-order valence-corrected chi connectivity index (χ2v) is 4.05.